The van der Waals surface area contributed by atoms with Crippen molar-refractivity contribution in [3.63, 3.8) is 0 Å². The Hall–Kier alpha value is -4.36. The number of rotatable bonds is 7. The van der Waals surface area contributed by atoms with Crippen LogP contribution in [0.4, 0.5) is 11.4 Å². The first-order chi connectivity index (χ1) is 19.1. The summed E-state index contributed by atoms with van der Waals surface area (Å²) in [5.74, 6) is -0.482. The zero-order valence-electron chi connectivity index (χ0n) is 22.2. The molecule has 4 nitrogen and oxygen atoms in total. The Morgan fingerprint density at radius 2 is 1.59 bits per heavy atom. The molecule has 0 radical (unpaired) electrons. The highest BCUT2D eigenvalue weighted by molar-refractivity contribution is 5.91. The number of hydrogen-bond donors (Lipinski definition) is 1. The van der Waals surface area contributed by atoms with Crippen LogP contribution in [0.2, 0.25) is 0 Å². The highest BCUT2D eigenvalue weighted by atomic mass is 16.4. The van der Waals surface area contributed by atoms with E-state index < -0.39 is 5.97 Å². The molecule has 1 saturated carbocycles. The fraction of sp³-hybridized carbons (Fsp3) is 0.257. The van der Waals surface area contributed by atoms with Gasteiger partial charge in [0.25, 0.3) is 0 Å². The molecule has 2 aliphatic rings. The molecule has 0 unspecified atom stereocenters. The minimum atomic E-state index is -1.22. The van der Waals surface area contributed by atoms with Crippen LogP contribution in [0.1, 0.15) is 61.1 Å². The van der Waals surface area contributed by atoms with Gasteiger partial charge in [-0.2, -0.15) is 5.26 Å². The van der Waals surface area contributed by atoms with Gasteiger partial charge in [0.1, 0.15) is 11.6 Å². The normalized spacial score (nSPS) is 16.4. The van der Waals surface area contributed by atoms with Gasteiger partial charge in [-0.15, -0.1) is 0 Å². The van der Waals surface area contributed by atoms with Crippen LogP contribution in [0.15, 0.2) is 96.6 Å². The molecule has 1 aliphatic carbocycles. The van der Waals surface area contributed by atoms with Crippen molar-refractivity contribution >= 4 is 23.4 Å². The highest BCUT2D eigenvalue weighted by Gasteiger charge is 2.19. The molecule has 4 heteroatoms. The van der Waals surface area contributed by atoms with Crippen molar-refractivity contribution in [3.8, 4) is 17.2 Å². The Morgan fingerprint density at radius 3 is 2.28 bits per heavy atom. The van der Waals surface area contributed by atoms with E-state index in [1.54, 1.807) is 18.2 Å². The summed E-state index contributed by atoms with van der Waals surface area (Å²) in [7, 11) is 0. The number of fused-ring (bicyclic) bond motifs is 1. The molecular formula is C35H34N2O2. The van der Waals surface area contributed by atoms with Crippen molar-refractivity contribution < 1.29 is 9.90 Å². The van der Waals surface area contributed by atoms with E-state index >= 15 is 0 Å². The molecule has 1 fully saturated rings. The number of carboxylic acids is 1. The average molecular weight is 515 g/mol. The van der Waals surface area contributed by atoms with Crippen LogP contribution in [0.25, 0.3) is 17.2 Å². The lowest BCUT2D eigenvalue weighted by atomic mass is 9.84. The minimum absolute atomic E-state index is 0.283. The number of aryl methyl sites for hydroxylation is 1. The Balaban J connectivity index is 1.27. The van der Waals surface area contributed by atoms with E-state index in [9.17, 15) is 4.79 Å². The van der Waals surface area contributed by atoms with Gasteiger partial charge < -0.3 is 10.0 Å². The number of anilines is 2. The fourth-order valence-electron chi connectivity index (χ4n) is 5.75. The van der Waals surface area contributed by atoms with Crippen LogP contribution in [0.5, 0.6) is 0 Å². The maximum atomic E-state index is 10.9. The quantitative estimate of drug-likeness (QED) is 0.195. The first-order valence-electron chi connectivity index (χ1n) is 13.9. The van der Waals surface area contributed by atoms with E-state index in [4.69, 9.17) is 10.4 Å². The van der Waals surface area contributed by atoms with Crippen molar-refractivity contribution in [2.45, 2.75) is 50.9 Å². The molecule has 0 saturated heterocycles. The number of carbonyl (C=O) groups is 1. The molecule has 0 spiro atoms. The van der Waals surface area contributed by atoms with Gasteiger partial charge in [0.2, 0.25) is 0 Å². The summed E-state index contributed by atoms with van der Waals surface area (Å²) in [4.78, 5) is 13.3. The lowest BCUT2D eigenvalue weighted by Gasteiger charge is -2.31. The molecule has 3 aromatic carbocycles. The molecule has 1 heterocycles. The van der Waals surface area contributed by atoms with Gasteiger partial charge in [-0.1, -0.05) is 86.0 Å². The van der Waals surface area contributed by atoms with Crippen LogP contribution in [0.3, 0.4) is 0 Å². The van der Waals surface area contributed by atoms with E-state index in [1.807, 2.05) is 12.2 Å². The van der Waals surface area contributed by atoms with Gasteiger partial charge >= 0.3 is 5.97 Å². The zero-order chi connectivity index (χ0) is 27.0. The Bertz CT molecular complexity index is 1430. The molecule has 0 aromatic heterocycles. The van der Waals surface area contributed by atoms with Crippen LogP contribution in [-0.2, 0) is 11.2 Å². The largest absolute Gasteiger partial charge is 0.477 e. The molecule has 3 aromatic rings. The second-order valence-corrected chi connectivity index (χ2v) is 10.4. The first-order valence-corrected chi connectivity index (χ1v) is 13.9. The minimum Gasteiger partial charge on any atom is -0.477 e. The van der Waals surface area contributed by atoms with Gasteiger partial charge in [-0.3, -0.25) is 0 Å². The Labute approximate surface area is 231 Å². The number of allylic oxidation sites excluding steroid dienone is 4. The average Bonchev–Trinajstić information content (AvgIpc) is 2.99. The monoisotopic (exact) mass is 514 g/mol. The second-order valence-electron chi connectivity index (χ2n) is 10.4. The SMILES string of the molecule is N#CC(=CC=CC=Cc1ccc2c(c1)CCCN2c1ccc(-c2ccc(C3CCCCC3)cc2)cc1)C(=O)O. The lowest BCUT2D eigenvalue weighted by molar-refractivity contribution is -0.132. The third-order valence-corrected chi connectivity index (χ3v) is 7.85. The molecule has 5 rings (SSSR count). The number of nitrogens with zero attached hydrogens (tertiary/aromatic N) is 2. The van der Waals surface area contributed by atoms with Gasteiger partial charge in [-0.05, 0) is 89.8 Å². The smallest absolute Gasteiger partial charge is 0.346 e. The van der Waals surface area contributed by atoms with Crippen LogP contribution >= 0.6 is 0 Å². The number of carboxylic acid groups (broad SMARTS) is 1. The third-order valence-electron chi connectivity index (χ3n) is 7.85. The summed E-state index contributed by atoms with van der Waals surface area (Å²) in [6.07, 6.45) is 17.4. The summed E-state index contributed by atoms with van der Waals surface area (Å²) in [5.41, 5.74) is 8.61. The van der Waals surface area contributed by atoms with Crippen molar-refractivity contribution in [2.75, 3.05) is 11.4 Å². The molecule has 1 aliphatic heterocycles. The fourth-order valence-corrected chi connectivity index (χ4v) is 5.75. The van der Waals surface area contributed by atoms with E-state index in [0.29, 0.717) is 0 Å². The first kappa shape index (κ1) is 26.3. The summed E-state index contributed by atoms with van der Waals surface area (Å²) < 4.78 is 0. The molecule has 0 amide bonds. The third kappa shape index (κ3) is 6.38. The summed E-state index contributed by atoms with van der Waals surface area (Å²) in [6.45, 7) is 0.998. The van der Waals surface area contributed by atoms with E-state index in [2.05, 4.69) is 71.6 Å². The van der Waals surface area contributed by atoms with Crippen molar-refractivity contribution in [2.24, 2.45) is 0 Å². The van der Waals surface area contributed by atoms with Crippen LogP contribution in [0, 0.1) is 11.3 Å². The topological polar surface area (TPSA) is 64.3 Å². The Kier molecular flexibility index (Phi) is 8.39. The van der Waals surface area contributed by atoms with Gasteiger partial charge in [0.15, 0.2) is 0 Å². The maximum absolute atomic E-state index is 10.9. The van der Waals surface area contributed by atoms with Gasteiger partial charge in [0.05, 0.1) is 0 Å². The van der Waals surface area contributed by atoms with E-state index in [-0.39, 0.29) is 5.57 Å². The lowest BCUT2D eigenvalue weighted by Crippen LogP contribution is -2.24. The van der Waals surface area contributed by atoms with Crippen LogP contribution in [-0.4, -0.2) is 17.6 Å². The second kappa shape index (κ2) is 12.5. The van der Waals surface area contributed by atoms with Crippen molar-refractivity contribution in [1.29, 1.82) is 5.26 Å². The summed E-state index contributed by atoms with van der Waals surface area (Å²) in [5, 5.41) is 17.7. The predicted octanol–water partition coefficient (Wildman–Crippen LogP) is 8.59. The van der Waals surface area contributed by atoms with E-state index in [1.165, 1.54) is 71.8 Å². The summed E-state index contributed by atoms with van der Waals surface area (Å²) in [6, 6.07) is 26.4. The van der Waals surface area contributed by atoms with Crippen LogP contribution < -0.4 is 4.90 Å². The van der Waals surface area contributed by atoms with Gasteiger partial charge in [0, 0.05) is 17.9 Å². The number of benzene rings is 3. The molecule has 0 atom stereocenters. The van der Waals surface area contributed by atoms with Crippen molar-refractivity contribution in [3.05, 3.63) is 113 Å². The molecule has 39 heavy (non-hydrogen) atoms. The maximum Gasteiger partial charge on any atom is 0.346 e. The molecular weight excluding hydrogens is 480 g/mol. The highest BCUT2D eigenvalue weighted by Crippen LogP contribution is 2.36. The summed E-state index contributed by atoms with van der Waals surface area (Å²) >= 11 is 0. The van der Waals surface area contributed by atoms with Crippen molar-refractivity contribution in [1.82, 2.24) is 0 Å². The molecule has 0 bridgehead atoms. The molecule has 1 N–H and O–H groups in total. The molecule has 196 valence electrons. The Morgan fingerprint density at radius 1 is 0.872 bits per heavy atom. The number of hydrogen-bond acceptors (Lipinski definition) is 3. The zero-order valence-corrected chi connectivity index (χ0v) is 22.2. The number of aliphatic carboxylic acids is 1. The predicted molar refractivity (Wildman–Crippen MR) is 159 cm³/mol. The standard InChI is InChI=1S/C35H34N2O2/c36-25-32(35(38)39)11-6-1-3-8-26-13-22-34-31(24-26)12-7-23-37(34)33-20-18-30(19-21-33)29-16-14-28(15-17-29)27-9-4-2-5-10-27/h1,3,6,8,11,13-22,24,27H,2,4-5,7,9-10,12,23H2,(H,38,39). The number of nitriles is 1. The van der Waals surface area contributed by atoms with Gasteiger partial charge in [-0.25, -0.2) is 4.79 Å². The van der Waals surface area contributed by atoms with E-state index in [0.717, 1.165) is 30.9 Å².